The number of benzene rings is 1. The Morgan fingerprint density at radius 1 is 1.29 bits per heavy atom. The summed E-state index contributed by atoms with van der Waals surface area (Å²) in [4.78, 5) is 21.3. The molecule has 0 saturated heterocycles. The predicted molar refractivity (Wildman–Crippen MR) is 71.0 cm³/mol. The lowest BCUT2D eigenvalue weighted by molar-refractivity contribution is -0.146. The van der Waals surface area contributed by atoms with Gasteiger partial charge in [0, 0.05) is 12.3 Å². The van der Waals surface area contributed by atoms with Crippen LogP contribution in [0.2, 0.25) is 0 Å². The maximum absolute atomic E-state index is 13.1. The number of carboxylic acids is 1. The Hall–Kier alpha value is -2.96. The first-order valence-corrected chi connectivity index (χ1v) is 5.92. The zero-order valence-corrected chi connectivity index (χ0v) is 10.7. The Kier molecular flexibility index (Phi) is 4.13. The van der Waals surface area contributed by atoms with Gasteiger partial charge in [-0.1, -0.05) is 12.1 Å². The molecule has 0 atom stereocenters. The second-order valence-electron chi connectivity index (χ2n) is 4.23. The van der Waals surface area contributed by atoms with Crippen molar-refractivity contribution in [1.82, 2.24) is 9.78 Å². The fraction of sp³-hybridized carbons (Fsp3) is 0.0714. The van der Waals surface area contributed by atoms with E-state index in [9.17, 15) is 19.1 Å². The first kappa shape index (κ1) is 14.4. The molecule has 0 spiro atoms. The van der Waals surface area contributed by atoms with E-state index in [1.165, 1.54) is 29.1 Å². The maximum Gasteiger partial charge on any atom is 0.376 e. The van der Waals surface area contributed by atoms with Gasteiger partial charge in [-0.2, -0.15) is 5.10 Å². The van der Waals surface area contributed by atoms with Crippen LogP contribution in [0.15, 0.2) is 42.6 Å². The van der Waals surface area contributed by atoms with Gasteiger partial charge >= 0.3 is 5.97 Å². The normalized spacial score (nSPS) is 11.4. The van der Waals surface area contributed by atoms with Crippen molar-refractivity contribution in [1.29, 1.82) is 0 Å². The minimum atomic E-state index is -1.67. The number of aliphatic carboxylic acids is 1. The molecule has 0 bridgehead atoms. The lowest BCUT2D eigenvalue weighted by Gasteiger charge is -2.01. The SMILES string of the molecule is O=C(O)C(=O)C=C(O)c1ccn(Cc2cccc(F)c2)n1. The number of halogens is 1. The van der Waals surface area contributed by atoms with Gasteiger partial charge in [0.15, 0.2) is 0 Å². The number of rotatable bonds is 5. The Bertz CT molecular complexity index is 721. The fourth-order valence-electron chi connectivity index (χ4n) is 1.67. The van der Waals surface area contributed by atoms with Gasteiger partial charge in [0.05, 0.1) is 6.54 Å². The molecule has 0 amide bonds. The minimum Gasteiger partial charge on any atom is -0.505 e. The molecule has 21 heavy (non-hydrogen) atoms. The summed E-state index contributed by atoms with van der Waals surface area (Å²) < 4.78 is 14.5. The Balaban J connectivity index is 2.15. The van der Waals surface area contributed by atoms with Crippen molar-refractivity contribution in [2.45, 2.75) is 6.54 Å². The first-order chi connectivity index (χ1) is 9.95. The van der Waals surface area contributed by atoms with Crippen molar-refractivity contribution < 1.29 is 24.2 Å². The number of carboxylic acid groups (broad SMARTS) is 1. The topological polar surface area (TPSA) is 92.4 Å². The molecule has 0 aliphatic carbocycles. The summed E-state index contributed by atoms with van der Waals surface area (Å²) in [6.07, 6.45) is 2.10. The van der Waals surface area contributed by atoms with E-state index in [4.69, 9.17) is 5.11 Å². The number of hydrogen-bond acceptors (Lipinski definition) is 4. The molecule has 6 nitrogen and oxygen atoms in total. The average molecular weight is 290 g/mol. The lowest BCUT2D eigenvalue weighted by atomic mass is 10.2. The van der Waals surface area contributed by atoms with E-state index in [2.05, 4.69) is 5.10 Å². The average Bonchev–Trinajstić information content (AvgIpc) is 2.87. The third kappa shape index (κ3) is 3.75. The maximum atomic E-state index is 13.1. The number of aromatic nitrogens is 2. The van der Waals surface area contributed by atoms with E-state index < -0.39 is 17.5 Å². The van der Waals surface area contributed by atoms with Gasteiger partial charge in [-0.05, 0) is 23.8 Å². The van der Waals surface area contributed by atoms with Crippen molar-refractivity contribution in [3.8, 4) is 0 Å². The Labute approximate surface area is 118 Å². The molecule has 7 heteroatoms. The molecule has 1 heterocycles. The Morgan fingerprint density at radius 2 is 2.05 bits per heavy atom. The van der Waals surface area contributed by atoms with Crippen molar-refractivity contribution >= 4 is 17.5 Å². The van der Waals surface area contributed by atoms with Crippen LogP contribution in [0.25, 0.3) is 5.76 Å². The van der Waals surface area contributed by atoms with Crippen LogP contribution in [0.3, 0.4) is 0 Å². The predicted octanol–water partition coefficient (Wildman–Crippen LogP) is 1.62. The number of carbonyl (C=O) groups is 2. The van der Waals surface area contributed by atoms with Gasteiger partial charge in [-0.15, -0.1) is 0 Å². The molecule has 0 radical (unpaired) electrons. The second kappa shape index (κ2) is 6.00. The van der Waals surface area contributed by atoms with Crippen molar-refractivity contribution in [3.05, 3.63) is 59.7 Å². The highest BCUT2D eigenvalue weighted by atomic mass is 19.1. The molecule has 0 unspecified atom stereocenters. The summed E-state index contributed by atoms with van der Waals surface area (Å²) in [6, 6.07) is 7.38. The quantitative estimate of drug-likeness (QED) is 0.496. The molecule has 0 aliphatic rings. The number of nitrogens with zero attached hydrogens (tertiary/aromatic N) is 2. The summed E-state index contributed by atoms with van der Waals surface area (Å²) in [5, 5.41) is 22.0. The molecule has 2 rings (SSSR count). The van der Waals surface area contributed by atoms with Gasteiger partial charge < -0.3 is 10.2 Å². The number of ketones is 1. The third-order valence-electron chi connectivity index (χ3n) is 2.62. The van der Waals surface area contributed by atoms with E-state index in [0.717, 1.165) is 0 Å². The number of aliphatic hydroxyl groups is 1. The van der Waals surface area contributed by atoms with Crippen LogP contribution in [-0.2, 0) is 16.1 Å². The number of aliphatic hydroxyl groups excluding tert-OH is 1. The van der Waals surface area contributed by atoms with Crippen molar-refractivity contribution in [2.75, 3.05) is 0 Å². The standard InChI is InChI=1S/C14H11FN2O4/c15-10-3-1-2-9(6-10)8-17-5-4-11(16-17)12(18)7-13(19)14(20)21/h1-7,18H,8H2,(H,20,21). The lowest BCUT2D eigenvalue weighted by Crippen LogP contribution is -2.09. The fourth-order valence-corrected chi connectivity index (χ4v) is 1.67. The van der Waals surface area contributed by atoms with E-state index in [1.807, 2.05) is 0 Å². The molecule has 2 aromatic rings. The smallest absolute Gasteiger partial charge is 0.376 e. The highest BCUT2D eigenvalue weighted by molar-refractivity contribution is 6.38. The van der Waals surface area contributed by atoms with Crippen LogP contribution < -0.4 is 0 Å². The Morgan fingerprint density at radius 3 is 2.71 bits per heavy atom. The summed E-state index contributed by atoms with van der Waals surface area (Å²) in [5.41, 5.74) is 0.732. The monoisotopic (exact) mass is 290 g/mol. The highest BCUT2D eigenvalue weighted by Crippen LogP contribution is 2.10. The second-order valence-corrected chi connectivity index (χ2v) is 4.23. The van der Waals surface area contributed by atoms with Gasteiger partial charge in [-0.25, -0.2) is 9.18 Å². The van der Waals surface area contributed by atoms with Gasteiger partial charge in [0.1, 0.15) is 17.3 Å². The summed E-state index contributed by atoms with van der Waals surface area (Å²) in [6.45, 7) is 0.276. The van der Waals surface area contributed by atoms with Crippen molar-refractivity contribution in [3.63, 3.8) is 0 Å². The van der Waals surface area contributed by atoms with Gasteiger partial charge in [0.2, 0.25) is 0 Å². The van der Waals surface area contributed by atoms with E-state index in [-0.39, 0.29) is 18.1 Å². The molecular weight excluding hydrogens is 279 g/mol. The molecule has 0 fully saturated rings. The number of carbonyl (C=O) groups excluding carboxylic acids is 1. The molecule has 0 aliphatic heterocycles. The van der Waals surface area contributed by atoms with Crippen LogP contribution in [0.4, 0.5) is 4.39 Å². The molecule has 1 aromatic heterocycles. The zero-order valence-electron chi connectivity index (χ0n) is 10.7. The van der Waals surface area contributed by atoms with Crippen LogP contribution in [0, 0.1) is 5.82 Å². The molecule has 108 valence electrons. The van der Waals surface area contributed by atoms with Crippen LogP contribution in [0.5, 0.6) is 0 Å². The van der Waals surface area contributed by atoms with Gasteiger partial charge in [0.25, 0.3) is 5.78 Å². The summed E-state index contributed by atoms with van der Waals surface area (Å²) in [5.74, 6) is -3.82. The van der Waals surface area contributed by atoms with E-state index in [1.54, 1.807) is 12.1 Å². The van der Waals surface area contributed by atoms with Gasteiger partial charge in [-0.3, -0.25) is 9.48 Å². The largest absolute Gasteiger partial charge is 0.505 e. The minimum absolute atomic E-state index is 0.0565. The zero-order chi connectivity index (χ0) is 15.4. The van der Waals surface area contributed by atoms with Crippen LogP contribution in [-0.4, -0.2) is 31.7 Å². The molecule has 1 aromatic carbocycles. The summed E-state index contributed by atoms with van der Waals surface area (Å²) in [7, 11) is 0. The third-order valence-corrected chi connectivity index (χ3v) is 2.62. The summed E-state index contributed by atoms with van der Waals surface area (Å²) >= 11 is 0. The van der Waals surface area contributed by atoms with E-state index in [0.29, 0.717) is 11.6 Å². The number of hydrogen-bond donors (Lipinski definition) is 2. The first-order valence-electron chi connectivity index (χ1n) is 5.92. The van der Waals surface area contributed by atoms with Crippen molar-refractivity contribution in [2.24, 2.45) is 0 Å². The van der Waals surface area contributed by atoms with Crippen LogP contribution >= 0.6 is 0 Å². The molecule has 0 saturated carbocycles. The molecule has 2 N–H and O–H groups in total. The highest BCUT2D eigenvalue weighted by Gasteiger charge is 2.12. The molecular formula is C14H11FN2O4. The van der Waals surface area contributed by atoms with E-state index >= 15 is 0 Å². The van der Waals surface area contributed by atoms with Crippen LogP contribution in [0.1, 0.15) is 11.3 Å².